The first-order valence-electron chi connectivity index (χ1n) is 7.72. The van der Waals surface area contributed by atoms with E-state index in [1.807, 2.05) is 20.8 Å². The van der Waals surface area contributed by atoms with Crippen molar-refractivity contribution in [3.05, 3.63) is 17.0 Å². The van der Waals surface area contributed by atoms with E-state index in [0.717, 1.165) is 42.6 Å². The Kier molecular flexibility index (Phi) is 6.71. The molecule has 0 aromatic carbocycles. The van der Waals surface area contributed by atoms with E-state index >= 15 is 0 Å². The maximum Gasteiger partial charge on any atom is 0.389 e. The standard InChI is InChI=1S/C15H26F3N3/c1-4-11(19)10-12-13(5-2)20-21(14(12)6-3)9-7-8-15(16,17)18/h11H,4-10,19H2,1-3H3. The van der Waals surface area contributed by atoms with E-state index in [0.29, 0.717) is 6.54 Å². The molecule has 0 bridgehead atoms. The topological polar surface area (TPSA) is 43.8 Å². The molecule has 122 valence electrons. The summed E-state index contributed by atoms with van der Waals surface area (Å²) in [5.41, 5.74) is 9.19. The van der Waals surface area contributed by atoms with E-state index in [-0.39, 0.29) is 12.5 Å². The number of nitrogens with zero attached hydrogens (tertiary/aromatic N) is 2. The van der Waals surface area contributed by atoms with Crippen LogP contribution in [0.25, 0.3) is 0 Å². The summed E-state index contributed by atoms with van der Waals surface area (Å²) in [7, 11) is 0. The summed E-state index contributed by atoms with van der Waals surface area (Å²) in [4.78, 5) is 0. The number of alkyl halides is 3. The average molecular weight is 305 g/mol. The lowest BCUT2D eigenvalue weighted by Gasteiger charge is -2.12. The number of rotatable bonds is 8. The van der Waals surface area contributed by atoms with Gasteiger partial charge in [0.1, 0.15) is 0 Å². The molecule has 1 rings (SSSR count). The molecule has 0 aliphatic heterocycles. The molecule has 0 saturated heterocycles. The van der Waals surface area contributed by atoms with Crippen molar-refractivity contribution in [2.75, 3.05) is 0 Å². The van der Waals surface area contributed by atoms with Gasteiger partial charge in [-0.25, -0.2) is 0 Å². The Morgan fingerprint density at radius 1 is 1.19 bits per heavy atom. The molecule has 0 aliphatic carbocycles. The second-order valence-corrected chi connectivity index (χ2v) is 5.39. The van der Waals surface area contributed by atoms with Crippen molar-refractivity contribution in [2.24, 2.45) is 5.73 Å². The maximum atomic E-state index is 12.3. The van der Waals surface area contributed by atoms with Gasteiger partial charge in [-0.2, -0.15) is 18.3 Å². The Bertz CT molecular complexity index is 438. The van der Waals surface area contributed by atoms with Gasteiger partial charge >= 0.3 is 6.18 Å². The van der Waals surface area contributed by atoms with Gasteiger partial charge in [-0.15, -0.1) is 0 Å². The third kappa shape index (κ3) is 5.34. The minimum absolute atomic E-state index is 0.0700. The zero-order valence-electron chi connectivity index (χ0n) is 13.1. The molecule has 1 heterocycles. The van der Waals surface area contributed by atoms with Crippen molar-refractivity contribution in [1.82, 2.24) is 9.78 Å². The monoisotopic (exact) mass is 305 g/mol. The van der Waals surface area contributed by atoms with Crippen molar-refractivity contribution >= 4 is 0 Å². The van der Waals surface area contributed by atoms with Gasteiger partial charge in [-0.3, -0.25) is 4.68 Å². The van der Waals surface area contributed by atoms with Crippen molar-refractivity contribution in [3.8, 4) is 0 Å². The van der Waals surface area contributed by atoms with E-state index in [9.17, 15) is 13.2 Å². The summed E-state index contributed by atoms with van der Waals surface area (Å²) >= 11 is 0. The molecule has 1 aromatic heterocycles. The lowest BCUT2D eigenvalue weighted by Crippen LogP contribution is -2.22. The minimum atomic E-state index is -4.10. The van der Waals surface area contributed by atoms with E-state index in [2.05, 4.69) is 5.10 Å². The predicted octanol–water partition coefficient (Wildman–Crippen LogP) is 3.63. The molecule has 2 N–H and O–H groups in total. The van der Waals surface area contributed by atoms with Crippen molar-refractivity contribution in [1.29, 1.82) is 0 Å². The molecule has 0 amide bonds. The molecule has 0 aliphatic rings. The smallest absolute Gasteiger partial charge is 0.327 e. The summed E-state index contributed by atoms with van der Waals surface area (Å²) in [6.07, 6.45) is -1.61. The molecule has 0 fully saturated rings. The van der Waals surface area contributed by atoms with Crippen LogP contribution in [0.3, 0.4) is 0 Å². The van der Waals surface area contributed by atoms with Crippen molar-refractivity contribution in [3.63, 3.8) is 0 Å². The molecule has 6 heteroatoms. The third-order valence-corrected chi connectivity index (χ3v) is 3.74. The number of nitrogens with two attached hydrogens (primary N) is 1. The molecule has 0 spiro atoms. The van der Waals surface area contributed by atoms with Gasteiger partial charge in [-0.05, 0) is 37.7 Å². The lowest BCUT2D eigenvalue weighted by atomic mass is 10.00. The molecule has 1 atom stereocenters. The fourth-order valence-corrected chi connectivity index (χ4v) is 2.53. The highest BCUT2D eigenvalue weighted by atomic mass is 19.4. The van der Waals surface area contributed by atoms with Gasteiger partial charge in [0.05, 0.1) is 5.69 Å². The molecule has 21 heavy (non-hydrogen) atoms. The average Bonchev–Trinajstić information content (AvgIpc) is 2.74. The van der Waals surface area contributed by atoms with Gasteiger partial charge in [0.15, 0.2) is 0 Å². The van der Waals surface area contributed by atoms with Crippen LogP contribution in [0.15, 0.2) is 0 Å². The third-order valence-electron chi connectivity index (χ3n) is 3.74. The maximum absolute atomic E-state index is 12.3. The van der Waals surface area contributed by atoms with E-state index in [1.54, 1.807) is 4.68 Å². The van der Waals surface area contributed by atoms with Crippen LogP contribution >= 0.6 is 0 Å². The molecular formula is C15H26F3N3. The first kappa shape index (κ1) is 18.0. The van der Waals surface area contributed by atoms with Crippen molar-refractivity contribution in [2.45, 2.75) is 78.1 Å². The van der Waals surface area contributed by atoms with Crippen LogP contribution in [0.4, 0.5) is 13.2 Å². The SMILES string of the molecule is CCc1nn(CCCC(F)(F)F)c(CC)c1CC(N)CC. The number of aryl methyl sites for hydroxylation is 2. The van der Waals surface area contributed by atoms with Crippen LogP contribution in [-0.2, 0) is 25.8 Å². The summed E-state index contributed by atoms with van der Waals surface area (Å²) in [6, 6.07) is 0.0772. The molecule has 1 aromatic rings. The molecule has 3 nitrogen and oxygen atoms in total. The van der Waals surface area contributed by atoms with Crippen LogP contribution in [0, 0.1) is 0 Å². The fraction of sp³-hybridized carbons (Fsp3) is 0.800. The summed E-state index contributed by atoms with van der Waals surface area (Å²) < 4.78 is 38.5. The first-order valence-corrected chi connectivity index (χ1v) is 7.72. The van der Waals surface area contributed by atoms with E-state index in [4.69, 9.17) is 5.73 Å². The first-order chi connectivity index (χ1) is 9.82. The van der Waals surface area contributed by atoms with Crippen molar-refractivity contribution < 1.29 is 13.2 Å². The Labute approximate surface area is 124 Å². The van der Waals surface area contributed by atoms with E-state index < -0.39 is 12.6 Å². The summed E-state index contributed by atoms with van der Waals surface area (Å²) in [5, 5.41) is 4.50. The molecule has 0 saturated carbocycles. The Morgan fingerprint density at radius 3 is 2.33 bits per heavy atom. The van der Waals surface area contributed by atoms with Gasteiger partial charge < -0.3 is 5.73 Å². The Hall–Kier alpha value is -1.04. The van der Waals surface area contributed by atoms with Crippen LogP contribution in [0.5, 0.6) is 0 Å². The predicted molar refractivity (Wildman–Crippen MR) is 78.2 cm³/mol. The second-order valence-electron chi connectivity index (χ2n) is 5.39. The minimum Gasteiger partial charge on any atom is -0.327 e. The van der Waals surface area contributed by atoms with Gasteiger partial charge in [0.25, 0.3) is 0 Å². The van der Waals surface area contributed by atoms with Gasteiger partial charge in [0.2, 0.25) is 0 Å². The van der Waals surface area contributed by atoms with E-state index in [1.165, 1.54) is 0 Å². The molecule has 0 radical (unpaired) electrons. The summed E-state index contributed by atoms with van der Waals surface area (Å²) in [6.45, 7) is 6.38. The second kappa shape index (κ2) is 7.82. The zero-order chi connectivity index (χ0) is 16.0. The number of halogens is 3. The normalized spacial score (nSPS) is 13.7. The zero-order valence-corrected chi connectivity index (χ0v) is 13.1. The lowest BCUT2D eigenvalue weighted by molar-refractivity contribution is -0.136. The number of hydrogen-bond donors (Lipinski definition) is 1. The fourth-order valence-electron chi connectivity index (χ4n) is 2.53. The van der Waals surface area contributed by atoms with Gasteiger partial charge in [0, 0.05) is 24.7 Å². The van der Waals surface area contributed by atoms with Crippen LogP contribution in [0.2, 0.25) is 0 Å². The van der Waals surface area contributed by atoms with Crippen LogP contribution < -0.4 is 5.73 Å². The quantitative estimate of drug-likeness (QED) is 0.797. The summed E-state index contributed by atoms with van der Waals surface area (Å²) in [5.74, 6) is 0. The highest BCUT2D eigenvalue weighted by molar-refractivity contribution is 5.28. The Morgan fingerprint density at radius 2 is 1.86 bits per heavy atom. The largest absolute Gasteiger partial charge is 0.389 e. The number of aromatic nitrogens is 2. The van der Waals surface area contributed by atoms with Crippen LogP contribution in [0.1, 0.15) is 57.0 Å². The molecular weight excluding hydrogens is 279 g/mol. The highest BCUT2D eigenvalue weighted by Gasteiger charge is 2.26. The molecule has 1 unspecified atom stereocenters. The Balaban J connectivity index is 2.89. The highest BCUT2D eigenvalue weighted by Crippen LogP contribution is 2.23. The van der Waals surface area contributed by atoms with Crippen LogP contribution in [-0.4, -0.2) is 22.0 Å². The number of hydrogen-bond acceptors (Lipinski definition) is 2. The van der Waals surface area contributed by atoms with Gasteiger partial charge in [-0.1, -0.05) is 20.8 Å².